The number of thiophene rings is 2. The van der Waals surface area contributed by atoms with Crippen molar-refractivity contribution in [1.29, 1.82) is 0 Å². The Hall–Kier alpha value is -1.79. The zero-order chi connectivity index (χ0) is 14.2. The topological polar surface area (TPSA) is 50.9 Å². The number of nitrogens with zero attached hydrogens (tertiary/aromatic N) is 1. The Morgan fingerprint density at radius 2 is 2.10 bits per heavy atom. The Kier molecular flexibility index (Phi) is 3.20. The molecule has 21 heavy (non-hydrogen) atoms. The first kappa shape index (κ1) is 12.9. The highest BCUT2D eigenvalue weighted by molar-refractivity contribution is 7.27. The number of pyridine rings is 1. The molecule has 3 N–H and O–H groups in total. The summed E-state index contributed by atoms with van der Waals surface area (Å²) in [6.45, 7) is 0. The van der Waals surface area contributed by atoms with Gasteiger partial charge in [0.15, 0.2) is 0 Å². The van der Waals surface area contributed by atoms with E-state index in [9.17, 15) is 0 Å². The number of hydrazine groups is 1. The Balaban J connectivity index is 1.90. The molecule has 3 heterocycles. The summed E-state index contributed by atoms with van der Waals surface area (Å²) in [5.41, 5.74) is 4.13. The zero-order valence-electron chi connectivity index (χ0n) is 11.1. The van der Waals surface area contributed by atoms with Gasteiger partial charge in [-0.15, -0.1) is 22.7 Å². The van der Waals surface area contributed by atoms with Crippen LogP contribution in [0, 0.1) is 0 Å². The maximum atomic E-state index is 5.86. The number of nitrogens with two attached hydrogens (primary N) is 1. The number of hydrogen-bond donors (Lipinski definition) is 2. The lowest BCUT2D eigenvalue weighted by atomic mass is 9.99. The number of fused-ring (bicyclic) bond motifs is 2. The van der Waals surface area contributed by atoms with E-state index in [0.29, 0.717) is 0 Å². The largest absolute Gasteiger partial charge is 0.271 e. The minimum atomic E-state index is -0.0116. The van der Waals surface area contributed by atoms with E-state index in [0.717, 1.165) is 10.9 Å². The van der Waals surface area contributed by atoms with E-state index >= 15 is 0 Å². The number of nitrogens with one attached hydrogen (secondary N) is 1. The third kappa shape index (κ3) is 2.15. The molecule has 1 unspecified atom stereocenters. The van der Waals surface area contributed by atoms with E-state index in [1.807, 2.05) is 18.5 Å². The highest BCUT2D eigenvalue weighted by Gasteiger charge is 2.18. The van der Waals surface area contributed by atoms with Gasteiger partial charge in [-0.25, -0.2) is 5.43 Å². The van der Waals surface area contributed by atoms with E-state index in [1.165, 1.54) is 19.7 Å². The van der Waals surface area contributed by atoms with Crippen molar-refractivity contribution in [3.8, 4) is 0 Å². The van der Waals surface area contributed by atoms with Crippen LogP contribution in [-0.2, 0) is 0 Å². The van der Waals surface area contributed by atoms with Crippen molar-refractivity contribution in [1.82, 2.24) is 10.4 Å². The molecule has 0 aliphatic heterocycles. The zero-order valence-corrected chi connectivity index (χ0v) is 12.7. The second-order valence-corrected chi connectivity index (χ2v) is 6.90. The van der Waals surface area contributed by atoms with Crippen molar-refractivity contribution in [3.05, 3.63) is 64.6 Å². The van der Waals surface area contributed by atoms with E-state index in [2.05, 4.69) is 46.1 Å². The van der Waals surface area contributed by atoms with E-state index in [4.69, 9.17) is 5.84 Å². The molecule has 3 aromatic heterocycles. The minimum absolute atomic E-state index is 0.0116. The first-order valence-electron chi connectivity index (χ1n) is 6.62. The van der Waals surface area contributed by atoms with Gasteiger partial charge < -0.3 is 0 Å². The van der Waals surface area contributed by atoms with Crippen LogP contribution in [0.15, 0.2) is 54.2 Å². The van der Waals surface area contributed by atoms with Gasteiger partial charge in [0.1, 0.15) is 0 Å². The van der Waals surface area contributed by atoms with Crippen LogP contribution in [0.25, 0.3) is 20.2 Å². The molecule has 0 fully saturated rings. The first-order chi connectivity index (χ1) is 10.4. The van der Waals surface area contributed by atoms with Gasteiger partial charge in [0.05, 0.1) is 6.04 Å². The Morgan fingerprint density at radius 1 is 1.14 bits per heavy atom. The highest BCUT2D eigenvalue weighted by Crippen LogP contribution is 2.37. The van der Waals surface area contributed by atoms with Gasteiger partial charge in [-0.05, 0) is 34.5 Å². The molecule has 0 radical (unpaired) electrons. The summed E-state index contributed by atoms with van der Waals surface area (Å²) < 4.78 is 2.63. The average Bonchev–Trinajstić information content (AvgIpc) is 3.10. The molecular weight excluding hydrogens is 298 g/mol. The molecule has 0 spiro atoms. The van der Waals surface area contributed by atoms with Gasteiger partial charge in [0.25, 0.3) is 0 Å². The quantitative estimate of drug-likeness (QED) is 0.443. The molecule has 3 nitrogen and oxygen atoms in total. The first-order valence-corrected chi connectivity index (χ1v) is 8.32. The van der Waals surface area contributed by atoms with Crippen molar-refractivity contribution >= 4 is 42.8 Å². The van der Waals surface area contributed by atoms with E-state index in [1.54, 1.807) is 22.7 Å². The van der Waals surface area contributed by atoms with Crippen LogP contribution in [0.4, 0.5) is 0 Å². The van der Waals surface area contributed by atoms with Crippen molar-refractivity contribution in [2.45, 2.75) is 6.04 Å². The molecule has 0 aliphatic rings. The summed E-state index contributed by atoms with van der Waals surface area (Å²) in [6, 6.07) is 12.7. The molecule has 0 bridgehead atoms. The lowest BCUT2D eigenvalue weighted by molar-refractivity contribution is 0.651. The smallest absolute Gasteiger partial charge is 0.0809 e. The number of rotatable bonds is 3. The SMILES string of the molecule is NNC(c1cc2sccc2s1)c1cccc2ccncc12. The van der Waals surface area contributed by atoms with Gasteiger partial charge in [-0.2, -0.15) is 0 Å². The number of aromatic nitrogens is 1. The maximum Gasteiger partial charge on any atom is 0.0809 e. The van der Waals surface area contributed by atoms with Crippen LogP contribution in [0.5, 0.6) is 0 Å². The van der Waals surface area contributed by atoms with Crippen LogP contribution >= 0.6 is 22.7 Å². The van der Waals surface area contributed by atoms with Crippen LogP contribution < -0.4 is 11.3 Å². The van der Waals surface area contributed by atoms with Gasteiger partial charge in [-0.3, -0.25) is 10.8 Å². The minimum Gasteiger partial charge on any atom is -0.271 e. The summed E-state index contributed by atoms with van der Waals surface area (Å²) in [6.07, 6.45) is 3.73. The molecule has 4 rings (SSSR count). The molecule has 0 amide bonds. The lowest BCUT2D eigenvalue weighted by Gasteiger charge is -2.16. The molecule has 0 saturated carbocycles. The fraction of sp³-hybridized carbons (Fsp3) is 0.0625. The molecule has 5 heteroatoms. The van der Waals surface area contributed by atoms with Gasteiger partial charge in [-0.1, -0.05) is 18.2 Å². The molecule has 4 aromatic rings. The Labute approximate surface area is 130 Å². The van der Waals surface area contributed by atoms with Crippen LogP contribution in [0.3, 0.4) is 0 Å². The monoisotopic (exact) mass is 311 g/mol. The molecule has 1 atom stereocenters. The second kappa shape index (κ2) is 5.20. The summed E-state index contributed by atoms with van der Waals surface area (Å²) in [7, 11) is 0. The Morgan fingerprint density at radius 3 is 2.95 bits per heavy atom. The summed E-state index contributed by atoms with van der Waals surface area (Å²) in [5, 5.41) is 4.44. The number of benzene rings is 1. The molecule has 1 aromatic carbocycles. The van der Waals surface area contributed by atoms with Gasteiger partial charge in [0, 0.05) is 32.1 Å². The van der Waals surface area contributed by atoms with Crippen LogP contribution in [-0.4, -0.2) is 4.98 Å². The standard InChI is InChI=1S/C16H13N3S2/c17-19-16(15-8-14-13(21-15)5-7-20-14)11-3-1-2-10-4-6-18-9-12(10)11/h1-9,16,19H,17H2. The predicted molar refractivity (Wildman–Crippen MR) is 90.6 cm³/mol. The average molecular weight is 311 g/mol. The predicted octanol–water partition coefficient (Wildman–Crippen LogP) is 4.06. The van der Waals surface area contributed by atoms with Crippen LogP contribution in [0.2, 0.25) is 0 Å². The fourth-order valence-electron chi connectivity index (χ4n) is 2.64. The normalized spacial score (nSPS) is 13.0. The van der Waals surface area contributed by atoms with E-state index in [-0.39, 0.29) is 6.04 Å². The third-order valence-corrected chi connectivity index (χ3v) is 5.80. The fourth-order valence-corrected chi connectivity index (χ4v) is 4.84. The van der Waals surface area contributed by atoms with Gasteiger partial charge >= 0.3 is 0 Å². The Bertz CT molecular complexity index is 876. The van der Waals surface area contributed by atoms with Crippen molar-refractivity contribution in [2.24, 2.45) is 5.84 Å². The molecular formula is C16H13N3S2. The maximum absolute atomic E-state index is 5.86. The summed E-state index contributed by atoms with van der Waals surface area (Å²) in [5.74, 6) is 5.86. The van der Waals surface area contributed by atoms with E-state index < -0.39 is 0 Å². The van der Waals surface area contributed by atoms with Crippen LogP contribution in [0.1, 0.15) is 16.5 Å². The molecule has 0 aliphatic carbocycles. The third-order valence-electron chi connectivity index (χ3n) is 3.64. The summed E-state index contributed by atoms with van der Waals surface area (Å²) >= 11 is 3.55. The van der Waals surface area contributed by atoms with Crippen molar-refractivity contribution < 1.29 is 0 Å². The number of hydrogen-bond acceptors (Lipinski definition) is 5. The lowest BCUT2D eigenvalue weighted by Crippen LogP contribution is -2.28. The highest BCUT2D eigenvalue weighted by atomic mass is 32.1. The second-order valence-electron chi connectivity index (χ2n) is 4.84. The molecule has 0 saturated heterocycles. The molecule has 104 valence electrons. The summed E-state index contributed by atoms with van der Waals surface area (Å²) in [4.78, 5) is 5.49. The van der Waals surface area contributed by atoms with Gasteiger partial charge in [0.2, 0.25) is 0 Å². The van der Waals surface area contributed by atoms with Crippen molar-refractivity contribution in [2.75, 3.05) is 0 Å². The van der Waals surface area contributed by atoms with Crippen molar-refractivity contribution in [3.63, 3.8) is 0 Å².